The Morgan fingerprint density at radius 2 is 1.79 bits per heavy atom. The van der Waals surface area contributed by atoms with Crippen LogP contribution >= 0.6 is 15.9 Å². The summed E-state index contributed by atoms with van der Waals surface area (Å²) in [5.74, 6) is -2.99. The van der Waals surface area contributed by atoms with E-state index in [1.807, 2.05) is 0 Å². The predicted molar refractivity (Wildman–Crippen MR) is 99.3 cm³/mol. The number of rotatable bonds is 5. The predicted octanol–water partition coefficient (Wildman–Crippen LogP) is -1.34. The van der Waals surface area contributed by atoms with Crippen LogP contribution in [0.2, 0.25) is 0 Å². The lowest BCUT2D eigenvalue weighted by Gasteiger charge is -2.37. The number of fused-ring (bicyclic) bond motifs is 1. The van der Waals surface area contributed by atoms with Crippen molar-refractivity contribution in [3.63, 3.8) is 0 Å². The first-order valence-corrected chi connectivity index (χ1v) is 9.13. The summed E-state index contributed by atoms with van der Waals surface area (Å²) in [6.45, 7) is 2.84. The Morgan fingerprint density at radius 1 is 1.21 bits per heavy atom. The van der Waals surface area contributed by atoms with Crippen LogP contribution in [-0.4, -0.2) is 75.6 Å². The number of aliphatic hydroxyl groups is 3. The first-order chi connectivity index (χ1) is 13.4. The van der Waals surface area contributed by atoms with E-state index in [-0.39, 0.29) is 21.7 Å². The number of anilines is 1. The third-order valence-electron chi connectivity index (χ3n) is 5.10. The van der Waals surface area contributed by atoms with Crippen molar-refractivity contribution in [1.29, 1.82) is 0 Å². The van der Waals surface area contributed by atoms with Gasteiger partial charge < -0.3 is 25.8 Å². The van der Waals surface area contributed by atoms with Gasteiger partial charge >= 0.3 is 0 Å². The van der Waals surface area contributed by atoms with Crippen LogP contribution in [0.15, 0.2) is 11.1 Å². The molecule has 0 radical (unpaired) electrons. The van der Waals surface area contributed by atoms with Crippen LogP contribution in [-0.2, 0) is 19.1 Å². The molecule has 29 heavy (non-hydrogen) atoms. The highest BCUT2D eigenvalue weighted by atomic mass is 79.9. The molecule has 0 saturated carbocycles. The van der Waals surface area contributed by atoms with Crippen LogP contribution < -0.4 is 5.73 Å². The van der Waals surface area contributed by atoms with Crippen molar-refractivity contribution in [2.24, 2.45) is 0 Å². The highest BCUT2D eigenvalue weighted by molar-refractivity contribution is 9.10. The SMILES string of the molecule is CC(=O)C(O)[C@H]1O[C@@H](n2c(Br)nc3c(N)ncnc32)[C@@](O)(C(C)=O)[C@@]1(O)C(C)=O. The molecular formula is C16H18BrN5O7. The van der Waals surface area contributed by atoms with E-state index in [2.05, 4.69) is 30.9 Å². The molecule has 0 bridgehead atoms. The number of hydrogen-bond donors (Lipinski definition) is 4. The summed E-state index contributed by atoms with van der Waals surface area (Å²) < 4.78 is 6.65. The Balaban J connectivity index is 2.34. The summed E-state index contributed by atoms with van der Waals surface area (Å²) in [5, 5.41) is 32.8. The fraction of sp³-hybridized carbons (Fsp3) is 0.500. The third-order valence-corrected chi connectivity index (χ3v) is 5.66. The monoisotopic (exact) mass is 471 g/mol. The average Bonchev–Trinajstić information content (AvgIpc) is 3.09. The molecule has 12 nitrogen and oxygen atoms in total. The number of Topliss-reactive ketones (excluding diaryl/α,β-unsaturated/α-hetero) is 3. The molecule has 1 fully saturated rings. The van der Waals surface area contributed by atoms with E-state index in [9.17, 15) is 29.7 Å². The summed E-state index contributed by atoms with van der Waals surface area (Å²) >= 11 is 3.15. The van der Waals surface area contributed by atoms with Gasteiger partial charge in [-0.2, -0.15) is 0 Å². The van der Waals surface area contributed by atoms with E-state index in [1.54, 1.807) is 0 Å². The van der Waals surface area contributed by atoms with Gasteiger partial charge in [-0.1, -0.05) is 0 Å². The summed E-state index contributed by atoms with van der Waals surface area (Å²) in [6, 6.07) is 0. The third kappa shape index (κ3) is 2.73. The van der Waals surface area contributed by atoms with Crippen molar-refractivity contribution in [3.05, 3.63) is 11.1 Å². The highest BCUT2D eigenvalue weighted by Crippen LogP contribution is 2.49. The van der Waals surface area contributed by atoms with E-state index < -0.39 is 47.0 Å². The number of ether oxygens (including phenoxy) is 1. The fourth-order valence-electron chi connectivity index (χ4n) is 3.52. The van der Waals surface area contributed by atoms with E-state index in [0.717, 1.165) is 31.7 Å². The molecule has 156 valence electrons. The van der Waals surface area contributed by atoms with Crippen LogP contribution in [0.1, 0.15) is 27.0 Å². The maximum atomic E-state index is 12.5. The molecule has 1 unspecified atom stereocenters. The topological polar surface area (TPSA) is 191 Å². The molecule has 5 N–H and O–H groups in total. The zero-order valence-corrected chi connectivity index (χ0v) is 17.1. The Morgan fingerprint density at radius 3 is 2.31 bits per heavy atom. The minimum absolute atomic E-state index is 0.0120. The summed E-state index contributed by atoms with van der Waals surface area (Å²) in [4.78, 5) is 48.6. The number of aliphatic hydroxyl groups excluding tert-OH is 1. The minimum Gasteiger partial charge on any atom is -0.382 e. The standard InChI is InChI=1S/C16H18BrN5O7/c1-5(23)9(26)10-15(27,6(2)24)16(28,7(3)25)13(29-10)22-12-8(21-14(22)17)11(18)19-4-20-12/h4,9-10,13,26-28H,1-3H3,(H2,18,19,20)/t9?,10-,13-,15-,16+/m1/s1. The Bertz CT molecular complexity index is 1040. The number of carbonyl (C=O) groups is 3. The number of hydrogen-bond acceptors (Lipinski definition) is 11. The lowest BCUT2D eigenvalue weighted by Crippen LogP contribution is -2.67. The lowest BCUT2D eigenvalue weighted by atomic mass is 9.73. The number of nitrogens with zero attached hydrogens (tertiary/aromatic N) is 4. The summed E-state index contributed by atoms with van der Waals surface area (Å²) in [7, 11) is 0. The smallest absolute Gasteiger partial charge is 0.206 e. The Kier molecular flexibility index (Phi) is 5.07. The Hall–Kier alpha value is -2.32. The largest absolute Gasteiger partial charge is 0.382 e. The van der Waals surface area contributed by atoms with Gasteiger partial charge in [0.1, 0.15) is 18.5 Å². The summed E-state index contributed by atoms with van der Waals surface area (Å²) in [6.07, 6.45) is -4.64. The number of halogens is 1. The van der Waals surface area contributed by atoms with Crippen LogP contribution in [0.5, 0.6) is 0 Å². The Labute approximate surface area is 171 Å². The molecule has 5 atom stereocenters. The van der Waals surface area contributed by atoms with Gasteiger partial charge in [-0.3, -0.25) is 19.0 Å². The van der Waals surface area contributed by atoms with Gasteiger partial charge in [0.15, 0.2) is 50.9 Å². The highest BCUT2D eigenvalue weighted by Gasteiger charge is 2.73. The van der Waals surface area contributed by atoms with Gasteiger partial charge in [0.25, 0.3) is 0 Å². The minimum atomic E-state index is -2.94. The molecule has 0 amide bonds. The number of imidazole rings is 1. The quantitative estimate of drug-likeness (QED) is 0.377. The van der Waals surface area contributed by atoms with Crippen molar-refractivity contribution in [1.82, 2.24) is 19.5 Å². The molecule has 1 saturated heterocycles. The number of aromatic nitrogens is 4. The molecule has 0 aliphatic carbocycles. The molecule has 0 aromatic carbocycles. The summed E-state index contributed by atoms with van der Waals surface area (Å²) in [5.41, 5.74) is 0.0461. The molecule has 1 aliphatic rings. The molecular weight excluding hydrogens is 454 g/mol. The zero-order chi connectivity index (χ0) is 21.9. The number of nitrogens with two attached hydrogens (primary N) is 1. The van der Waals surface area contributed by atoms with E-state index >= 15 is 0 Å². The van der Waals surface area contributed by atoms with Gasteiger partial charge in [-0.15, -0.1) is 0 Å². The normalized spacial score (nSPS) is 30.4. The van der Waals surface area contributed by atoms with Crippen LogP contribution in [0.4, 0.5) is 5.82 Å². The number of ketones is 3. The second-order valence-electron chi connectivity index (χ2n) is 6.79. The molecule has 3 rings (SSSR count). The van der Waals surface area contributed by atoms with Crippen molar-refractivity contribution in [2.75, 3.05) is 5.73 Å². The maximum Gasteiger partial charge on any atom is 0.206 e. The van der Waals surface area contributed by atoms with Crippen LogP contribution in [0, 0.1) is 0 Å². The molecule has 2 aromatic rings. The first kappa shape index (κ1) is 21.4. The van der Waals surface area contributed by atoms with Crippen molar-refractivity contribution >= 4 is 50.3 Å². The van der Waals surface area contributed by atoms with Crippen molar-refractivity contribution in [2.45, 2.75) is 50.4 Å². The molecule has 0 spiro atoms. The van der Waals surface area contributed by atoms with E-state index in [4.69, 9.17) is 10.5 Å². The second-order valence-corrected chi connectivity index (χ2v) is 7.50. The zero-order valence-electron chi connectivity index (χ0n) is 15.5. The van der Waals surface area contributed by atoms with Gasteiger partial charge in [-0.05, 0) is 36.7 Å². The van der Waals surface area contributed by atoms with Gasteiger partial charge in [-0.25, -0.2) is 15.0 Å². The van der Waals surface area contributed by atoms with Crippen LogP contribution in [0.3, 0.4) is 0 Å². The van der Waals surface area contributed by atoms with Crippen LogP contribution in [0.25, 0.3) is 11.2 Å². The first-order valence-electron chi connectivity index (χ1n) is 8.33. The van der Waals surface area contributed by atoms with E-state index in [1.165, 1.54) is 0 Å². The van der Waals surface area contributed by atoms with Crippen molar-refractivity contribution in [3.8, 4) is 0 Å². The van der Waals surface area contributed by atoms with Gasteiger partial charge in [0, 0.05) is 0 Å². The average molecular weight is 472 g/mol. The molecule has 13 heteroatoms. The van der Waals surface area contributed by atoms with Gasteiger partial charge in [0.05, 0.1) is 0 Å². The fourth-order valence-corrected chi connectivity index (χ4v) is 4.05. The number of carbonyl (C=O) groups excluding carboxylic acids is 3. The molecule has 3 heterocycles. The molecule has 1 aliphatic heterocycles. The van der Waals surface area contributed by atoms with Gasteiger partial charge in [0.2, 0.25) is 5.60 Å². The van der Waals surface area contributed by atoms with E-state index in [0.29, 0.717) is 0 Å². The van der Waals surface area contributed by atoms with Crippen molar-refractivity contribution < 1.29 is 34.4 Å². The maximum absolute atomic E-state index is 12.5. The second kappa shape index (κ2) is 6.88. The molecule has 2 aromatic heterocycles. The lowest BCUT2D eigenvalue weighted by molar-refractivity contribution is -0.184. The number of nitrogen functional groups attached to an aromatic ring is 1.